The molecular formula is C10H9ClN2. The van der Waals surface area contributed by atoms with Crippen molar-refractivity contribution in [1.82, 2.24) is 9.55 Å². The van der Waals surface area contributed by atoms with Gasteiger partial charge in [0.15, 0.2) is 0 Å². The second-order valence-corrected chi connectivity index (χ2v) is 3.89. The van der Waals surface area contributed by atoms with Crippen LogP contribution >= 0.6 is 11.6 Å². The number of halogens is 1. The van der Waals surface area contributed by atoms with Crippen LogP contribution in [0.5, 0.6) is 0 Å². The third kappa shape index (κ3) is 0.923. The number of nitrogens with zero attached hydrogens (tertiary/aromatic N) is 2. The van der Waals surface area contributed by atoms with Gasteiger partial charge in [0.2, 0.25) is 0 Å². The van der Waals surface area contributed by atoms with Crippen molar-refractivity contribution in [2.75, 3.05) is 0 Å². The predicted octanol–water partition coefficient (Wildman–Crippen LogP) is 2.72. The molecule has 3 heteroatoms. The van der Waals surface area contributed by atoms with Gasteiger partial charge >= 0.3 is 0 Å². The summed E-state index contributed by atoms with van der Waals surface area (Å²) >= 11 is 6.13. The maximum atomic E-state index is 6.13. The summed E-state index contributed by atoms with van der Waals surface area (Å²) in [5, 5.41) is 0.104. The van der Waals surface area contributed by atoms with Gasteiger partial charge in [0, 0.05) is 6.54 Å². The lowest BCUT2D eigenvalue weighted by Gasteiger charge is -1.95. The molecule has 13 heavy (non-hydrogen) atoms. The van der Waals surface area contributed by atoms with Crippen LogP contribution in [0.4, 0.5) is 0 Å². The Labute approximate surface area is 81.1 Å². The fraction of sp³-hybridized carbons (Fsp3) is 0.300. The molecule has 0 spiro atoms. The normalized spacial score (nSPS) is 20.8. The average Bonchev–Trinajstić information content (AvgIpc) is 2.67. The number of fused-ring (bicyclic) bond motifs is 3. The SMILES string of the molecule is ClC1CCn2c1nc1ccccc12. The lowest BCUT2D eigenvalue weighted by atomic mass is 10.3. The van der Waals surface area contributed by atoms with E-state index in [0.717, 1.165) is 24.3 Å². The summed E-state index contributed by atoms with van der Waals surface area (Å²) < 4.78 is 2.22. The lowest BCUT2D eigenvalue weighted by molar-refractivity contribution is 0.765. The van der Waals surface area contributed by atoms with Gasteiger partial charge in [-0.2, -0.15) is 0 Å². The summed E-state index contributed by atoms with van der Waals surface area (Å²) in [6.07, 6.45) is 1.01. The molecule has 0 amide bonds. The fourth-order valence-electron chi connectivity index (χ4n) is 1.94. The Kier molecular flexibility index (Phi) is 1.41. The third-order valence-electron chi connectivity index (χ3n) is 2.57. The van der Waals surface area contributed by atoms with Crippen LogP contribution in [-0.2, 0) is 6.54 Å². The molecular weight excluding hydrogens is 184 g/mol. The number of alkyl halides is 1. The average molecular weight is 193 g/mol. The van der Waals surface area contributed by atoms with Crippen molar-refractivity contribution in [3.63, 3.8) is 0 Å². The fourth-order valence-corrected chi connectivity index (χ4v) is 2.20. The Morgan fingerprint density at radius 1 is 1.38 bits per heavy atom. The summed E-state index contributed by atoms with van der Waals surface area (Å²) in [6, 6.07) is 8.18. The molecule has 0 fully saturated rings. The highest BCUT2D eigenvalue weighted by molar-refractivity contribution is 6.20. The van der Waals surface area contributed by atoms with E-state index in [0.29, 0.717) is 0 Å². The van der Waals surface area contributed by atoms with E-state index in [1.54, 1.807) is 0 Å². The first kappa shape index (κ1) is 7.39. The van der Waals surface area contributed by atoms with E-state index in [1.807, 2.05) is 18.2 Å². The maximum Gasteiger partial charge on any atom is 0.128 e. The molecule has 0 saturated heterocycles. The van der Waals surface area contributed by atoms with E-state index < -0.39 is 0 Å². The minimum absolute atomic E-state index is 0.104. The summed E-state index contributed by atoms with van der Waals surface area (Å²) in [4.78, 5) is 4.51. The number of para-hydroxylation sites is 2. The van der Waals surface area contributed by atoms with Crippen LogP contribution in [0, 0.1) is 0 Å². The standard InChI is InChI=1S/C10H9ClN2/c11-7-5-6-13-9-4-2-1-3-8(9)12-10(7)13/h1-4,7H,5-6H2. The number of imidazole rings is 1. The van der Waals surface area contributed by atoms with Gasteiger partial charge in [0.1, 0.15) is 5.82 Å². The Bertz CT molecular complexity index is 461. The number of benzene rings is 1. The van der Waals surface area contributed by atoms with E-state index >= 15 is 0 Å². The van der Waals surface area contributed by atoms with Crippen LogP contribution in [0.15, 0.2) is 24.3 Å². The molecule has 66 valence electrons. The Hall–Kier alpha value is -1.02. The van der Waals surface area contributed by atoms with Crippen LogP contribution in [0.25, 0.3) is 11.0 Å². The zero-order chi connectivity index (χ0) is 8.84. The van der Waals surface area contributed by atoms with Crippen molar-refractivity contribution in [3.05, 3.63) is 30.1 Å². The molecule has 1 aromatic carbocycles. The first-order valence-corrected chi connectivity index (χ1v) is 4.89. The third-order valence-corrected chi connectivity index (χ3v) is 2.98. The van der Waals surface area contributed by atoms with Crippen LogP contribution < -0.4 is 0 Å². The first-order valence-electron chi connectivity index (χ1n) is 4.45. The molecule has 3 rings (SSSR count). The summed E-state index contributed by atoms with van der Waals surface area (Å²) in [5.41, 5.74) is 2.27. The molecule has 0 radical (unpaired) electrons. The van der Waals surface area contributed by atoms with Gasteiger partial charge in [-0.05, 0) is 18.6 Å². The Morgan fingerprint density at radius 2 is 2.23 bits per heavy atom. The van der Waals surface area contributed by atoms with Gasteiger partial charge in [-0.3, -0.25) is 0 Å². The number of hydrogen-bond donors (Lipinski definition) is 0. The number of rotatable bonds is 0. The van der Waals surface area contributed by atoms with Crippen molar-refractivity contribution in [2.24, 2.45) is 0 Å². The molecule has 0 bridgehead atoms. The Balaban J connectivity index is 2.38. The smallest absolute Gasteiger partial charge is 0.128 e. The van der Waals surface area contributed by atoms with E-state index in [9.17, 15) is 0 Å². The first-order chi connectivity index (χ1) is 6.36. The second-order valence-electron chi connectivity index (χ2n) is 3.37. The molecule has 1 atom stereocenters. The van der Waals surface area contributed by atoms with Crippen LogP contribution in [0.2, 0.25) is 0 Å². The van der Waals surface area contributed by atoms with Crippen molar-refractivity contribution in [2.45, 2.75) is 18.3 Å². The maximum absolute atomic E-state index is 6.13. The summed E-state index contributed by atoms with van der Waals surface area (Å²) in [7, 11) is 0. The molecule has 0 saturated carbocycles. The van der Waals surface area contributed by atoms with Gasteiger partial charge in [0.25, 0.3) is 0 Å². The van der Waals surface area contributed by atoms with Gasteiger partial charge in [0.05, 0.1) is 16.4 Å². The van der Waals surface area contributed by atoms with Gasteiger partial charge in [-0.15, -0.1) is 11.6 Å². The highest BCUT2D eigenvalue weighted by Crippen LogP contribution is 2.33. The number of hydrogen-bond acceptors (Lipinski definition) is 1. The molecule has 2 aromatic rings. The minimum atomic E-state index is 0.104. The lowest BCUT2D eigenvalue weighted by Crippen LogP contribution is -1.90. The molecule has 1 aromatic heterocycles. The number of aryl methyl sites for hydroxylation is 1. The van der Waals surface area contributed by atoms with E-state index in [2.05, 4.69) is 15.6 Å². The monoisotopic (exact) mass is 192 g/mol. The van der Waals surface area contributed by atoms with Crippen LogP contribution in [0.3, 0.4) is 0 Å². The molecule has 0 N–H and O–H groups in total. The predicted molar refractivity (Wildman–Crippen MR) is 52.9 cm³/mol. The van der Waals surface area contributed by atoms with E-state index in [4.69, 9.17) is 11.6 Å². The van der Waals surface area contributed by atoms with Crippen molar-refractivity contribution >= 4 is 22.6 Å². The highest BCUT2D eigenvalue weighted by atomic mass is 35.5. The summed E-state index contributed by atoms with van der Waals surface area (Å²) in [5.74, 6) is 1.03. The molecule has 1 aliphatic rings. The van der Waals surface area contributed by atoms with Crippen molar-refractivity contribution in [3.8, 4) is 0 Å². The van der Waals surface area contributed by atoms with E-state index in [1.165, 1.54) is 5.52 Å². The largest absolute Gasteiger partial charge is 0.327 e. The van der Waals surface area contributed by atoms with Crippen LogP contribution in [0.1, 0.15) is 17.6 Å². The van der Waals surface area contributed by atoms with Crippen molar-refractivity contribution in [1.29, 1.82) is 0 Å². The van der Waals surface area contributed by atoms with Gasteiger partial charge in [-0.1, -0.05) is 12.1 Å². The molecule has 0 aliphatic carbocycles. The number of aromatic nitrogens is 2. The van der Waals surface area contributed by atoms with Crippen LogP contribution in [-0.4, -0.2) is 9.55 Å². The zero-order valence-electron chi connectivity index (χ0n) is 7.07. The Morgan fingerprint density at radius 3 is 3.15 bits per heavy atom. The highest BCUT2D eigenvalue weighted by Gasteiger charge is 2.23. The van der Waals surface area contributed by atoms with Crippen molar-refractivity contribution < 1.29 is 0 Å². The molecule has 2 heterocycles. The molecule has 2 nitrogen and oxygen atoms in total. The second kappa shape index (κ2) is 2.48. The quantitative estimate of drug-likeness (QED) is 0.587. The molecule has 1 unspecified atom stereocenters. The topological polar surface area (TPSA) is 17.8 Å². The van der Waals surface area contributed by atoms with Gasteiger partial charge in [-0.25, -0.2) is 4.98 Å². The minimum Gasteiger partial charge on any atom is -0.327 e. The molecule has 1 aliphatic heterocycles. The van der Waals surface area contributed by atoms with E-state index in [-0.39, 0.29) is 5.38 Å². The summed E-state index contributed by atoms with van der Waals surface area (Å²) in [6.45, 7) is 1.00. The van der Waals surface area contributed by atoms with Gasteiger partial charge < -0.3 is 4.57 Å². The zero-order valence-corrected chi connectivity index (χ0v) is 7.83.